The molecule has 0 aliphatic heterocycles. The van der Waals surface area contributed by atoms with E-state index in [-0.39, 0.29) is 11.9 Å². The minimum absolute atomic E-state index is 0.0683. The lowest BCUT2D eigenvalue weighted by Crippen LogP contribution is -2.31. The third-order valence-electron chi connectivity index (χ3n) is 3.61. The van der Waals surface area contributed by atoms with Crippen molar-refractivity contribution in [1.29, 1.82) is 0 Å². The number of hydrogen-bond donors (Lipinski definition) is 2. The van der Waals surface area contributed by atoms with E-state index in [9.17, 15) is 9.59 Å². The number of rotatable bonds is 4. The lowest BCUT2D eigenvalue weighted by molar-refractivity contribution is 0.0827. The Morgan fingerprint density at radius 3 is 2.46 bits per heavy atom. The van der Waals surface area contributed by atoms with E-state index in [1.165, 1.54) is 9.80 Å². The Balaban J connectivity index is 2.04. The minimum Gasteiger partial charge on any atom is -0.345 e. The number of carbonyl (C=O) groups is 2. The van der Waals surface area contributed by atoms with Crippen LogP contribution in [0.15, 0.2) is 24.4 Å². The highest BCUT2D eigenvalue weighted by Gasteiger charge is 2.14. The molecule has 7 nitrogen and oxygen atoms in total. The van der Waals surface area contributed by atoms with Crippen molar-refractivity contribution >= 4 is 17.6 Å². The van der Waals surface area contributed by atoms with Crippen LogP contribution in [0.5, 0.6) is 0 Å². The number of aromatic nitrogens is 2. The molecule has 0 aliphatic rings. The van der Waals surface area contributed by atoms with Crippen molar-refractivity contribution < 1.29 is 9.59 Å². The summed E-state index contributed by atoms with van der Waals surface area (Å²) >= 11 is 0. The first-order valence-corrected chi connectivity index (χ1v) is 7.63. The summed E-state index contributed by atoms with van der Waals surface area (Å²) in [4.78, 5) is 34.6. The van der Waals surface area contributed by atoms with E-state index < -0.39 is 0 Å². The Bertz CT molecular complexity index is 751. The highest BCUT2D eigenvalue weighted by molar-refractivity contribution is 5.96. The molecule has 3 amide bonds. The van der Waals surface area contributed by atoms with E-state index in [1.807, 2.05) is 13.8 Å². The molecule has 0 bridgehead atoms. The van der Waals surface area contributed by atoms with E-state index in [0.717, 1.165) is 17.1 Å². The topological polar surface area (TPSA) is 81.3 Å². The van der Waals surface area contributed by atoms with Gasteiger partial charge in [0.25, 0.3) is 5.91 Å². The first-order chi connectivity index (χ1) is 11.3. The molecular weight excluding hydrogens is 306 g/mol. The van der Waals surface area contributed by atoms with Crippen molar-refractivity contribution in [3.05, 3.63) is 47.0 Å². The summed E-state index contributed by atoms with van der Waals surface area (Å²) in [5.41, 5.74) is 3.06. The van der Waals surface area contributed by atoms with E-state index in [1.54, 1.807) is 45.5 Å². The van der Waals surface area contributed by atoms with E-state index in [2.05, 4.69) is 15.3 Å². The van der Waals surface area contributed by atoms with Crippen molar-refractivity contribution in [1.82, 2.24) is 19.8 Å². The van der Waals surface area contributed by atoms with Gasteiger partial charge in [-0.1, -0.05) is 0 Å². The van der Waals surface area contributed by atoms with E-state index in [4.69, 9.17) is 0 Å². The predicted molar refractivity (Wildman–Crippen MR) is 93.0 cm³/mol. The molecule has 0 spiro atoms. The second kappa shape index (κ2) is 7.16. The molecule has 0 saturated carbocycles. The third-order valence-corrected chi connectivity index (χ3v) is 3.61. The lowest BCUT2D eigenvalue weighted by Gasteiger charge is -2.18. The normalized spacial score (nSPS) is 10.4. The summed E-state index contributed by atoms with van der Waals surface area (Å²) in [5.74, 6) is 0.662. The summed E-state index contributed by atoms with van der Waals surface area (Å²) < 4.78 is 0. The molecule has 0 fully saturated rings. The second-order valence-corrected chi connectivity index (χ2v) is 6.03. The van der Waals surface area contributed by atoms with Crippen molar-refractivity contribution in [2.45, 2.75) is 20.4 Å². The largest absolute Gasteiger partial charge is 0.345 e. The van der Waals surface area contributed by atoms with Crippen LogP contribution in [0.4, 0.5) is 10.5 Å². The third kappa shape index (κ3) is 4.13. The maximum Gasteiger partial charge on any atom is 0.321 e. The Hall–Kier alpha value is -2.83. The Kier molecular flexibility index (Phi) is 5.23. The molecule has 0 unspecified atom stereocenters. The first kappa shape index (κ1) is 17.5. The van der Waals surface area contributed by atoms with Gasteiger partial charge in [-0.15, -0.1) is 0 Å². The Morgan fingerprint density at radius 1 is 1.21 bits per heavy atom. The number of aryl methyl sites for hydroxylation is 2. The number of nitrogens with zero attached hydrogens (tertiary/aromatic N) is 3. The number of carbonyl (C=O) groups excluding carboxylic acids is 2. The van der Waals surface area contributed by atoms with Gasteiger partial charge in [-0.05, 0) is 37.6 Å². The summed E-state index contributed by atoms with van der Waals surface area (Å²) in [6.07, 6.45) is 1.73. The van der Waals surface area contributed by atoms with Crippen LogP contribution in [-0.2, 0) is 6.54 Å². The SMILES string of the molecule is Cc1cnc(CN(C)C(=O)Nc2ccc(C(=O)N(C)C)cc2C)[nH]1. The number of amides is 3. The molecule has 0 aliphatic carbocycles. The maximum absolute atomic E-state index is 12.3. The number of benzene rings is 1. The minimum atomic E-state index is -0.237. The molecule has 24 heavy (non-hydrogen) atoms. The van der Waals surface area contributed by atoms with Gasteiger partial charge >= 0.3 is 6.03 Å². The number of hydrogen-bond acceptors (Lipinski definition) is 3. The fraction of sp³-hybridized carbons (Fsp3) is 0.353. The molecule has 1 heterocycles. The Labute approximate surface area is 141 Å². The summed E-state index contributed by atoms with van der Waals surface area (Å²) in [6.45, 7) is 4.16. The fourth-order valence-electron chi connectivity index (χ4n) is 2.25. The molecule has 2 rings (SSSR count). The molecule has 2 N–H and O–H groups in total. The molecular formula is C17H23N5O2. The lowest BCUT2D eigenvalue weighted by atomic mass is 10.1. The average molecular weight is 329 g/mol. The number of aromatic amines is 1. The molecule has 1 aromatic carbocycles. The summed E-state index contributed by atoms with van der Waals surface area (Å²) in [6, 6.07) is 4.99. The van der Waals surface area contributed by atoms with Crippen molar-refractivity contribution in [3.63, 3.8) is 0 Å². The van der Waals surface area contributed by atoms with E-state index >= 15 is 0 Å². The fourth-order valence-corrected chi connectivity index (χ4v) is 2.25. The molecule has 2 aromatic rings. The highest BCUT2D eigenvalue weighted by atomic mass is 16.2. The highest BCUT2D eigenvalue weighted by Crippen LogP contribution is 2.18. The van der Waals surface area contributed by atoms with Gasteiger partial charge in [0.2, 0.25) is 0 Å². The number of imidazole rings is 1. The van der Waals surface area contributed by atoms with Crippen LogP contribution < -0.4 is 5.32 Å². The zero-order chi connectivity index (χ0) is 17.9. The maximum atomic E-state index is 12.3. The van der Waals surface area contributed by atoms with E-state index in [0.29, 0.717) is 17.8 Å². The average Bonchev–Trinajstić information content (AvgIpc) is 2.93. The number of H-pyrrole nitrogens is 1. The van der Waals surface area contributed by atoms with Crippen LogP contribution in [0, 0.1) is 13.8 Å². The van der Waals surface area contributed by atoms with Crippen LogP contribution >= 0.6 is 0 Å². The molecule has 0 radical (unpaired) electrons. The zero-order valence-corrected chi connectivity index (χ0v) is 14.7. The van der Waals surface area contributed by atoms with Gasteiger partial charge in [-0.3, -0.25) is 4.79 Å². The molecule has 0 atom stereocenters. The summed E-state index contributed by atoms with van der Waals surface area (Å²) in [5, 5.41) is 2.85. The van der Waals surface area contributed by atoms with Gasteiger partial charge in [-0.2, -0.15) is 0 Å². The monoisotopic (exact) mass is 329 g/mol. The predicted octanol–water partition coefficient (Wildman–Crippen LogP) is 2.39. The molecule has 0 saturated heterocycles. The van der Waals surface area contributed by atoms with Crippen LogP contribution in [0.2, 0.25) is 0 Å². The van der Waals surface area contributed by atoms with Crippen LogP contribution in [0.1, 0.15) is 27.4 Å². The quantitative estimate of drug-likeness (QED) is 0.903. The van der Waals surface area contributed by atoms with Crippen molar-refractivity contribution in [2.75, 3.05) is 26.5 Å². The Morgan fingerprint density at radius 2 is 1.92 bits per heavy atom. The van der Waals surface area contributed by atoms with Gasteiger partial charge in [0.05, 0.1) is 6.54 Å². The van der Waals surface area contributed by atoms with Crippen molar-refractivity contribution in [3.8, 4) is 0 Å². The summed E-state index contributed by atoms with van der Waals surface area (Å²) in [7, 11) is 5.11. The number of nitrogens with one attached hydrogen (secondary N) is 2. The van der Waals surface area contributed by atoms with Crippen molar-refractivity contribution in [2.24, 2.45) is 0 Å². The molecule has 1 aromatic heterocycles. The number of urea groups is 1. The van der Waals surface area contributed by atoms with Gasteiger partial charge in [0.15, 0.2) is 0 Å². The molecule has 7 heteroatoms. The van der Waals surface area contributed by atoms with Gasteiger partial charge < -0.3 is 20.1 Å². The van der Waals surface area contributed by atoms with Gasteiger partial charge in [0.1, 0.15) is 5.82 Å². The smallest absolute Gasteiger partial charge is 0.321 e. The second-order valence-electron chi connectivity index (χ2n) is 6.03. The van der Waals surface area contributed by atoms with Crippen LogP contribution in [-0.4, -0.2) is 52.8 Å². The van der Waals surface area contributed by atoms with Crippen LogP contribution in [0.3, 0.4) is 0 Å². The van der Waals surface area contributed by atoms with Gasteiger partial charge in [0, 0.05) is 44.3 Å². The molecule has 128 valence electrons. The standard InChI is InChI=1S/C17H23N5O2/c1-11-8-13(16(23)21(3)4)6-7-14(11)20-17(24)22(5)10-15-18-9-12(2)19-15/h6-9H,10H2,1-5H3,(H,18,19)(H,20,24). The zero-order valence-electron chi connectivity index (χ0n) is 14.7. The van der Waals surface area contributed by atoms with Gasteiger partial charge in [-0.25, -0.2) is 9.78 Å². The first-order valence-electron chi connectivity index (χ1n) is 7.63. The van der Waals surface area contributed by atoms with Crippen LogP contribution in [0.25, 0.3) is 0 Å². The number of anilines is 1.